The molecule has 0 atom stereocenters. The molecule has 0 amide bonds. The Morgan fingerprint density at radius 1 is 1.12 bits per heavy atom. The molecule has 1 aromatic carbocycles. The molecular weight excluding hydrogens is 422 g/mol. The van der Waals surface area contributed by atoms with Gasteiger partial charge in [-0.1, -0.05) is 0 Å². The first-order valence-electron chi connectivity index (χ1n) is 10.7. The van der Waals surface area contributed by atoms with Gasteiger partial charge in [-0.25, -0.2) is 9.97 Å². The monoisotopic (exact) mass is 447 g/mol. The number of H-pyrrole nitrogens is 1. The average molecular weight is 448 g/mol. The van der Waals surface area contributed by atoms with Gasteiger partial charge in [0.15, 0.2) is 0 Å². The molecule has 1 saturated heterocycles. The minimum absolute atomic E-state index is 0.180. The van der Waals surface area contributed by atoms with Crippen LogP contribution >= 0.6 is 11.3 Å². The zero-order chi connectivity index (χ0) is 22.1. The maximum absolute atomic E-state index is 12.6. The van der Waals surface area contributed by atoms with Crippen molar-refractivity contribution in [3.05, 3.63) is 63.3 Å². The second-order valence-corrected chi connectivity index (χ2v) is 9.21. The van der Waals surface area contributed by atoms with E-state index >= 15 is 0 Å². The van der Waals surface area contributed by atoms with E-state index < -0.39 is 0 Å². The van der Waals surface area contributed by atoms with Crippen LogP contribution in [0.5, 0.6) is 5.75 Å². The van der Waals surface area contributed by atoms with Gasteiger partial charge in [0.1, 0.15) is 17.7 Å². The average Bonchev–Trinajstić information content (AvgIpc) is 3.23. The third-order valence-electron chi connectivity index (χ3n) is 5.72. The molecule has 3 aromatic heterocycles. The van der Waals surface area contributed by atoms with Crippen LogP contribution in [-0.2, 0) is 0 Å². The van der Waals surface area contributed by atoms with Gasteiger partial charge >= 0.3 is 0 Å². The second-order valence-electron chi connectivity index (χ2n) is 8.15. The largest absolute Gasteiger partial charge is 0.490 e. The van der Waals surface area contributed by atoms with E-state index in [0.29, 0.717) is 11.2 Å². The van der Waals surface area contributed by atoms with Gasteiger partial charge in [0.2, 0.25) is 0 Å². The fraction of sp³-hybridized carbons (Fsp3) is 0.292. The van der Waals surface area contributed by atoms with Crippen molar-refractivity contribution >= 4 is 33.6 Å². The van der Waals surface area contributed by atoms with Crippen LogP contribution in [0.15, 0.2) is 52.8 Å². The first kappa shape index (κ1) is 20.7. The van der Waals surface area contributed by atoms with Gasteiger partial charge in [-0.15, -0.1) is 11.3 Å². The molecule has 0 unspecified atom stereocenters. The number of pyridine rings is 2. The number of thiazole rings is 1. The Morgan fingerprint density at radius 2 is 1.91 bits per heavy atom. The molecule has 0 saturated carbocycles. The van der Waals surface area contributed by atoms with Crippen LogP contribution in [0.1, 0.15) is 17.8 Å². The smallest absolute Gasteiger partial charge is 0.259 e. The van der Waals surface area contributed by atoms with Gasteiger partial charge in [0.25, 0.3) is 5.56 Å². The van der Waals surface area contributed by atoms with E-state index in [4.69, 9.17) is 9.72 Å². The van der Waals surface area contributed by atoms with Crippen LogP contribution in [0.2, 0.25) is 0 Å². The normalized spacial score (nSPS) is 15.2. The minimum atomic E-state index is -0.180. The first-order chi connectivity index (χ1) is 15.5. The predicted octanol–water partition coefficient (Wildman–Crippen LogP) is 4.57. The molecule has 8 heteroatoms. The van der Waals surface area contributed by atoms with E-state index in [1.54, 1.807) is 17.5 Å². The minimum Gasteiger partial charge on any atom is -0.490 e. The lowest BCUT2D eigenvalue weighted by atomic mass is 10.1. The van der Waals surface area contributed by atoms with Crippen LogP contribution < -0.4 is 15.6 Å². The molecule has 2 N–H and O–H groups in total. The highest BCUT2D eigenvalue weighted by Gasteiger charge is 2.18. The van der Waals surface area contributed by atoms with Crippen LogP contribution in [0, 0.1) is 6.92 Å². The quantitative estimate of drug-likeness (QED) is 0.466. The van der Waals surface area contributed by atoms with Crippen molar-refractivity contribution in [1.29, 1.82) is 0 Å². The number of benzene rings is 1. The van der Waals surface area contributed by atoms with Gasteiger partial charge in [-0.3, -0.25) is 4.79 Å². The summed E-state index contributed by atoms with van der Waals surface area (Å²) in [6.07, 6.45) is 3.99. The van der Waals surface area contributed by atoms with E-state index in [1.165, 1.54) is 0 Å². The Balaban J connectivity index is 1.42. The molecule has 164 valence electrons. The number of likely N-dealkylation sites (tertiary alicyclic amines) is 1. The van der Waals surface area contributed by atoms with Gasteiger partial charge in [-0.05, 0) is 68.6 Å². The SMILES string of the molecule is Cc1nc(-c2cc3cc[nH]c(=O)c3c(Nc3ccc(OC4CCN(C)CC4)cc3)n2)cs1. The Labute approximate surface area is 190 Å². The molecule has 0 bridgehead atoms. The summed E-state index contributed by atoms with van der Waals surface area (Å²) in [6.45, 7) is 4.09. The Kier molecular flexibility index (Phi) is 5.63. The Morgan fingerprint density at radius 3 is 2.62 bits per heavy atom. The number of aromatic nitrogens is 3. The molecule has 4 heterocycles. The standard InChI is InChI=1S/C24H25N5O2S/c1-15-26-21(14-32-15)20-13-16-7-10-25-24(30)22(16)23(28-20)27-17-3-5-18(6-4-17)31-19-8-11-29(2)12-9-19/h3-7,10,13-14,19H,8-9,11-12H2,1-2H3,(H,25,30)(H,27,28). The maximum Gasteiger partial charge on any atom is 0.259 e. The van der Waals surface area contributed by atoms with Crippen LogP contribution in [0.3, 0.4) is 0 Å². The highest BCUT2D eigenvalue weighted by molar-refractivity contribution is 7.09. The number of aromatic amines is 1. The number of rotatable bonds is 5. The van der Waals surface area contributed by atoms with Crippen LogP contribution in [0.4, 0.5) is 11.5 Å². The van der Waals surface area contributed by atoms with Gasteiger partial charge in [0.05, 0.1) is 21.8 Å². The number of anilines is 2. The molecule has 0 radical (unpaired) electrons. The number of nitrogens with one attached hydrogen (secondary N) is 2. The van der Waals surface area contributed by atoms with E-state index in [1.807, 2.05) is 48.7 Å². The topological polar surface area (TPSA) is 83.1 Å². The van der Waals surface area contributed by atoms with Crippen LogP contribution in [-0.4, -0.2) is 46.1 Å². The van der Waals surface area contributed by atoms with Crippen molar-refractivity contribution < 1.29 is 4.74 Å². The van der Waals surface area contributed by atoms with Gasteiger partial charge < -0.3 is 19.9 Å². The van der Waals surface area contributed by atoms with E-state index in [-0.39, 0.29) is 11.7 Å². The van der Waals surface area contributed by atoms with E-state index in [9.17, 15) is 4.79 Å². The van der Waals surface area contributed by atoms with Crippen LogP contribution in [0.25, 0.3) is 22.2 Å². The summed E-state index contributed by atoms with van der Waals surface area (Å²) in [5.41, 5.74) is 2.20. The molecule has 7 nitrogen and oxygen atoms in total. The third kappa shape index (κ3) is 4.37. The van der Waals surface area contributed by atoms with Crippen molar-refractivity contribution in [3.8, 4) is 17.1 Å². The fourth-order valence-corrected chi connectivity index (χ4v) is 4.57. The summed E-state index contributed by atoms with van der Waals surface area (Å²) in [5, 5.41) is 7.62. The molecule has 4 aromatic rings. The molecule has 5 rings (SSSR count). The zero-order valence-electron chi connectivity index (χ0n) is 18.1. The van der Waals surface area contributed by atoms with Gasteiger partial charge in [0, 0.05) is 30.4 Å². The second kappa shape index (κ2) is 8.72. The number of ether oxygens (including phenoxy) is 1. The lowest BCUT2D eigenvalue weighted by Gasteiger charge is -2.29. The number of fused-ring (bicyclic) bond motifs is 1. The number of piperidine rings is 1. The summed E-state index contributed by atoms with van der Waals surface area (Å²) >= 11 is 1.58. The first-order valence-corrected chi connectivity index (χ1v) is 11.6. The number of nitrogens with zero attached hydrogens (tertiary/aromatic N) is 3. The lowest BCUT2D eigenvalue weighted by Crippen LogP contribution is -2.35. The molecule has 1 aliphatic rings. The zero-order valence-corrected chi connectivity index (χ0v) is 18.9. The van der Waals surface area contributed by atoms with Crippen molar-refractivity contribution in [2.45, 2.75) is 25.9 Å². The predicted molar refractivity (Wildman–Crippen MR) is 129 cm³/mol. The van der Waals surface area contributed by atoms with Crippen molar-refractivity contribution in [2.24, 2.45) is 0 Å². The third-order valence-corrected chi connectivity index (χ3v) is 6.49. The number of aryl methyl sites for hydroxylation is 1. The Hall–Kier alpha value is -3.23. The summed E-state index contributed by atoms with van der Waals surface area (Å²) in [5.74, 6) is 1.36. The number of hydrogen-bond donors (Lipinski definition) is 2. The maximum atomic E-state index is 12.6. The number of hydrogen-bond acceptors (Lipinski definition) is 7. The Bertz CT molecular complexity index is 1290. The highest BCUT2D eigenvalue weighted by atomic mass is 32.1. The summed E-state index contributed by atoms with van der Waals surface area (Å²) in [6, 6.07) is 11.6. The fourth-order valence-electron chi connectivity index (χ4n) is 3.97. The summed E-state index contributed by atoms with van der Waals surface area (Å²) in [4.78, 5) is 26.9. The molecule has 1 aliphatic heterocycles. The summed E-state index contributed by atoms with van der Waals surface area (Å²) in [7, 11) is 2.14. The molecule has 0 spiro atoms. The molecule has 32 heavy (non-hydrogen) atoms. The summed E-state index contributed by atoms with van der Waals surface area (Å²) < 4.78 is 6.15. The van der Waals surface area contributed by atoms with Crippen molar-refractivity contribution in [1.82, 2.24) is 19.9 Å². The molecule has 0 aliphatic carbocycles. The van der Waals surface area contributed by atoms with Crippen molar-refractivity contribution in [3.63, 3.8) is 0 Å². The molecular formula is C24H25N5O2S. The van der Waals surface area contributed by atoms with E-state index in [2.05, 4.69) is 27.2 Å². The lowest BCUT2D eigenvalue weighted by molar-refractivity contribution is 0.114. The van der Waals surface area contributed by atoms with Crippen molar-refractivity contribution in [2.75, 3.05) is 25.5 Å². The molecule has 1 fully saturated rings. The highest BCUT2D eigenvalue weighted by Crippen LogP contribution is 2.29. The van der Waals surface area contributed by atoms with Gasteiger partial charge in [-0.2, -0.15) is 0 Å². The van der Waals surface area contributed by atoms with E-state index in [0.717, 1.165) is 59.1 Å².